The molecule has 124 valence electrons. The van der Waals surface area contributed by atoms with Gasteiger partial charge in [0.25, 0.3) is 5.91 Å². The first-order chi connectivity index (χ1) is 10.8. The summed E-state index contributed by atoms with van der Waals surface area (Å²) >= 11 is 5.87. The maximum Gasteiger partial charge on any atom is 0.327 e. The Morgan fingerprint density at radius 2 is 2.09 bits per heavy atom. The van der Waals surface area contributed by atoms with Crippen molar-refractivity contribution in [2.75, 3.05) is 19.6 Å². The minimum atomic E-state index is -0.784. The molecule has 0 bridgehead atoms. The zero-order valence-corrected chi connectivity index (χ0v) is 12.8. The number of urea groups is 1. The smallest absolute Gasteiger partial charge is 0.327 e. The number of carbonyl (C=O) groups is 3. The van der Waals surface area contributed by atoms with E-state index >= 15 is 0 Å². The topological polar surface area (TPSA) is 104 Å². The molecule has 1 fully saturated rings. The summed E-state index contributed by atoms with van der Waals surface area (Å²) < 4.78 is 13.4. The molecule has 0 spiro atoms. The molecule has 0 unspecified atom stereocenters. The molecule has 0 saturated carbocycles. The second kappa shape index (κ2) is 6.93. The first kappa shape index (κ1) is 17.2. The van der Waals surface area contributed by atoms with Gasteiger partial charge in [0.1, 0.15) is 18.9 Å². The highest BCUT2D eigenvalue weighted by Gasteiger charge is 2.36. The summed E-state index contributed by atoms with van der Waals surface area (Å²) in [5.41, 5.74) is 5.82. The van der Waals surface area contributed by atoms with Crippen molar-refractivity contribution in [3.05, 3.63) is 34.1 Å². The molecule has 1 saturated heterocycles. The van der Waals surface area contributed by atoms with Gasteiger partial charge in [0, 0.05) is 11.6 Å². The third-order valence-corrected chi connectivity index (χ3v) is 3.84. The lowest BCUT2D eigenvalue weighted by Crippen LogP contribution is -2.39. The Morgan fingerprint density at radius 1 is 1.39 bits per heavy atom. The predicted molar refractivity (Wildman–Crippen MR) is 78.9 cm³/mol. The number of imide groups is 1. The Labute approximate surface area is 136 Å². The maximum absolute atomic E-state index is 13.4. The molecule has 1 aliphatic rings. The summed E-state index contributed by atoms with van der Waals surface area (Å²) in [5, 5.41) is 9.41. The van der Waals surface area contributed by atoms with Crippen LogP contribution in [0.25, 0.3) is 0 Å². The van der Waals surface area contributed by atoms with Crippen LogP contribution in [-0.4, -0.2) is 52.4 Å². The van der Waals surface area contributed by atoms with Gasteiger partial charge in [-0.3, -0.25) is 14.5 Å². The monoisotopic (exact) mass is 343 g/mol. The van der Waals surface area contributed by atoms with Crippen LogP contribution in [0.2, 0.25) is 5.02 Å². The van der Waals surface area contributed by atoms with E-state index in [2.05, 4.69) is 0 Å². The first-order valence-corrected chi connectivity index (χ1v) is 7.16. The van der Waals surface area contributed by atoms with Crippen molar-refractivity contribution in [2.24, 2.45) is 5.73 Å². The van der Waals surface area contributed by atoms with Crippen LogP contribution in [0.4, 0.5) is 9.18 Å². The Kier molecular flexibility index (Phi) is 5.17. The number of carbonyl (C=O) groups excluding carboxylic acids is 3. The van der Waals surface area contributed by atoms with Crippen molar-refractivity contribution in [3.63, 3.8) is 0 Å². The third kappa shape index (κ3) is 3.77. The molecule has 1 aromatic carbocycles. The van der Waals surface area contributed by atoms with Crippen LogP contribution < -0.4 is 5.73 Å². The molecule has 1 heterocycles. The van der Waals surface area contributed by atoms with Gasteiger partial charge in [-0.15, -0.1) is 0 Å². The summed E-state index contributed by atoms with van der Waals surface area (Å²) in [6, 6.07) is 1.69. The fourth-order valence-corrected chi connectivity index (χ4v) is 2.68. The number of aliphatic hydroxyl groups excluding tert-OH is 1. The number of hydrogen-bond donors (Lipinski definition) is 2. The lowest BCUT2D eigenvalue weighted by Gasteiger charge is -2.17. The Hall–Kier alpha value is -2.19. The number of nitrogens with zero attached hydrogens (tertiary/aromatic N) is 2. The van der Waals surface area contributed by atoms with Crippen molar-refractivity contribution < 1.29 is 23.9 Å². The largest absolute Gasteiger partial charge is 0.392 e. The highest BCUT2D eigenvalue weighted by atomic mass is 35.5. The zero-order chi connectivity index (χ0) is 17.1. The van der Waals surface area contributed by atoms with E-state index in [9.17, 15) is 23.9 Å². The van der Waals surface area contributed by atoms with Crippen LogP contribution in [0.15, 0.2) is 12.1 Å². The minimum Gasteiger partial charge on any atom is -0.392 e. The summed E-state index contributed by atoms with van der Waals surface area (Å²) in [7, 11) is 0. The van der Waals surface area contributed by atoms with Crippen molar-refractivity contribution >= 4 is 29.4 Å². The number of benzene rings is 1. The van der Waals surface area contributed by atoms with Crippen LogP contribution >= 0.6 is 11.6 Å². The van der Waals surface area contributed by atoms with Gasteiger partial charge in [0.2, 0.25) is 5.91 Å². The second-order valence-electron chi connectivity index (χ2n) is 5.08. The zero-order valence-electron chi connectivity index (χ0n) is 12.1. The van der Waals surface area contributed by atoms with Crippen molar-refractivity contribution in [1.82, 2.24) is 9.80 Å². The molecule has 0 aromatic heterocycles. The molecular weight excluding hydrogens is 329 g/mol. The maximum atomic E-state index is 13.4. The second-order valence-corrected chi connectivity index (χ2v) is 5.49. The Balaban J connectivity index is 2.09. The summed E-state index contributed by atoms with van der Waals surface area (Å²) in [5.74, 6) is -1.86. The van der Waals surface area contributed by atoms with Gasteiger partial charge in [-0.25, -0.2) is 9.18 Å². The van der Waals surface area contributed by atoms with E-state index in [0.29, 0.717) is 11.1 Å². The van der Waals surface area contributed by atoms with E-state index < -0.39 is 30.2 Å². The van der Waals surface area contributed by atoms with E-state index in [4.69, 9.17) is 17.3 Å². The van der Waals surface area contributed by atoms with Crippen molar-refractivity contribution in [1.29, 1.82) is 0 Å². The molecule has 0 radical (unpaired) electrons. The summed E-state index contributed by atoms with van der Waals surface area (Å²) in [4.78, 5) is 36.6. The van der Waals surface area contributed by atoms with Gasteiger partial charge in [0.15, 0.2) is 0 Å². The fourth-order valence-electron chi connectivity index (χ4n) is 2.39. The van der Waals surface area contributed by atoms with Gasteiger partial charge < -0.3 is 15.7 Å². The van der Waals surface area contributed by atoms with Gasteiger partial charge in [-0.2, -0.15) is 0 Å². The van der Waals surface area contributed by atoms with Crippen molar-refractivity contribution in [3.8, 4) is 0 Å². The average molecular weight is 344 g/mol. The highest BCUT2D eigenvalue weighted by molar-refractivity contribution is 6.31. The predicted octanol–water partition coefficient (Wildman–Crippen LogP) is 0.263. The SMILES string of the molecule is NC(=O)CN1C(=O)CN(CCc2cc(F)cc(Cl)c2CO)C1=O. The number of hydrogen-bond acceptors (Lipinski definition) is 4. The average Bonchev–Trinajstić information content (AvgIpc) is 2.72. The van der Waals surface area contributed by atoms with Crippen molar-refractivity contribution in [2.45, 2.75) is 13.0 Å². The first-order valence-electron chi connectivity index (χ1n) is 6.78. The number of nitrogens with two attached hydrogens (primary N) is 1. The van der Waals surface area contributed by atoms with Crippen LogP contribution in [-0.2, 0) is 22.6 Å². The van der Waals surface area contributed by atoms with Crippen LogP contribution in [0.5, 0.6) is 0 Å². The van der Waals surface area contributed by atoms with Gasteiger partial charge in [0.05, 0.1) is 6.61 Å². The fraction of sp³-hybridized carbons (Fsp3) is 0.357. The number of halogens is 2. The number of primary amides is 1. The quantitative estimate of drug-likeness (QED) is 0.723. The Morgan fingerprint density at radius 3 is 2.70 bits per heavy atom. The Bertz CT molecular complexity index is 668. The molecule has 0 aliphatic carbocycles. The van der Waals surface area contributed by atoms with Crippen LogP contribution in [0.1, 0.15) is 11.1 Å². The summed E-state index contributed by atoms with van der Waals surface area (Å²) in [6.45, 7) is -0.896. The number of rotatable bonds is 6. The molecule has 3 N–H and O–H groups in total. The standard InChI is InChI=1S/C14H15ClFN3O4/c15-11-4-9(16)3-8(10(11)7-20)1-2-18-6-13(22)19(14(18)23)5-12(17)21/h3-4,20H,1-2,5-7H2,(H2,17,21). The molecule has 23 heavy (non-hydrogen) atoms. The number of aliphatic hydroxyl groups is 1. The molecule has 1 aliphatic heterocycles. The molecule has 1 aromatic rings. The van der Waals surface area contributed by atoms with Crippen LogP contribution in [0, 0.1) is 5.82 Å². The van der Waals surface area contributed by atoms with Gasteiger partial charge >= 0.3 is 6.03 Å². The third-order valence-electron chi connectivity index (χ3n) is 3.50. The molecular formula is C14H15ClFN3O4. The molecule has 4 amide bonds. The minimum absolute atomic E-state index is 0.0988. The lowest BCUT2D eigenvalue weighted by atomic mass is 10.0. The molecule has 7 nitrogen and oxygen atoms in total. The van der Waals surface area contributed by atoms with Gasteiger partial charge in [-0.1, -0.05) is 11.6 Å². The molecule has 0 atom stereocenters. The van der Waals surface area contributed by atoms with Crippen LogP contribution in [0.3, 0.4) is 0 Å². The van der Waals surface area contributed by atoms with E-state index in [1.54, 1.807) is 0 Å². The van der Waals surface area contributed by atoms with Gasteiger partial charge in [-0.05, 0) is 29.7 Å². The molecule has 2 rings (SSSR count). The van der Waals surface area contributed by atoms with E-state index in [-0.39, 0.29) is 31.1 Å². The van der Waals surface area contributed by atoms with E-state index in [1.165, 1.54) is 11.0 Å². The van der Waals surface area contributed by atoms with E-state index in [0.717, 1.165) is 11.0 Å². The summed E-state index contributed by atoms with van der Waals surface area (Å²) in [6.07, 6.45) is 0.205. The normalized spacial score (nSPS) is 14.7. The highest BCUT2D eigenvalue weighted by Crippen LogP contribution is 2.23. The number of amides is 4. The van der Waals surface area contributed by atoms with E-state index in [1.807, 2.05) is 0 Å². The molecule has 9 heteroatoms. The lowest BCUT2D eigenvalue weighted by molar-refractivity contribution is -0.129.